The summed E-state index contributed by atoms with van der Waals surface area (Å²) < 4.78 is 50.5. The predicted molar refractivity (Wildman–Crippen MR) is 118 cm³/mol. The molecule has 172 valence electrons. The van der Waals surface area contributed by atoms with E-state index in [1.54, 1.807) is 42.7 Å². The molecule has 2 aromatic carbocycles. The van der Waals surface area contributed by atoms with Crippen molar-refractivity contribution in [2.75, 3.05) is 12.4 Å². The van der Waals surface area contributed by atoms with E-state index in [-0.39, 0.29) is 22.9 Å². The molecule has 4 rings (SSSR count). The third kappa shape index (κ3) is 5.12. The lowest BCUT2D eigenvalue weighted by molar-refractivity contribution is -0.138. The largest absolute Gasteiger partial charge is 0.496 e. The van der Waals surface area contributed by atoms with Gasteiger partial charge in [0.2, 0.25) is 5.88 Å². The topological polar surface area (TPSA) is 86.2 Å². The van der Waals surface area contributed by atoms with Crippen molar-refractivity contribution in [1.82, 2.24) is 15.0 Å². The van der Waals surface area contributed by atoms with Crippen molar-refractivity contribution in [2.45, 2.75) is 6.18 Å². The smallest absolute Gasteiger partial charge is 0.420 e. The zero-order valence-corrected chi connectivity index (χ0v) is 17.7. The number of hydrogen-bond donors (Lipinski definition) is 1. The van der Waals surface area contributed by atoms with E-state index in [0.717, 1.165) is 19.2 Å². The summed E-state index contributed by atoms with van der Waals surface area (Å²) in [5.74, 6) is -0.368. The maximum absolute atomic E-state index is 13.3. The first kappa shape index (κ1) is 22.7. The molecule has 0 fully saturated rings. The Labute approximate surface area is 192 Å². The van der Waals surface area contributed by atoms with Gasteiger partial charge in [-0.3, -0.25) is 4.79 Å². The van der Waals surface area contributed by atoms with Gasteiger partial charge in [0.05, 0.1) is 23.9 Å². The van der Waals surface area contributed by atoms with E-state index in [2.05, 4.69) is 20.3 Å². The number of aromatic nitrogens is 3. The fraction of sp³-hybridized carbons (Fsp3) is 0.0833. The van der Waals surface area contributed by atoms with Crippen LogP contribution in [-0.2, 0) is 6.18 Å². The number of carbonyl (C=O) groups is 1. The number of nitrogens with zero attached hydrogens (tertiary/aromatic N) is 3. The molecule has 34 heavy (non-hydrogen) atoms. The minimum atomic E-state index is -4.64. The monoisotopic (exact) mass is 466 g/mol. The van der Waals surface area contributed by atoms with Gasteiger partial charge < -0.3 is 14.8 Å². The van der Waals surface area contributed by atoms with Crippen LogP contribution in [0.25, 0.3) is 11.3 Å². The van der Waals surface area contributed by atoms with Gasteiger partial charge in [-0.15, -0.1) is 0 Å². The van der Waals surface area contributed by atoms with E-state index in [4.69, 9.17) is 9.47 Å². The van der Waals surface area contributed by atoms with Crippen LogP contribution in [0.1, 0.15) is 15.9 Å². The van der Waals surface area contributed by atoms with Crippen molar-refractivity contribution in [3.05, 3.63) is 90.5 Å². The number of carbonyl (C=O) groups excluding carboxylic acids is 1. The molecule has 0 atom stereocenters. The molecule has 0 unspecified atom stereocenters. The Balaban J connectivity index is 1.56. The van der Waals surface area contributed by atoms with Crippen LogP contribution in [0.3, 0.4) is 0 Å². The van der Waals surface area contributed by atoms with Crippen molar-refractivity contribution in [3.63, 3.8) is 0 Å². The summed E-state index contributed by atoms with van der Waals surface area (Å²) >= 11 is 0. The van der Waals surface area contributed by atoms with Gasteiger partial charge in [0.25, 0.3) is 5.91 Å². The number of pyridine rings is 1. The normalized spacial score (nSPS) is 11.1. The lowest BCUT2D eigenvalue weighted by Gasteiger charge is -2.14. The van der Waals surface area contributed by atoms with Gasteiger partial charge in [0.15, 0.2) is 0 Å². The second kappa shape index (κ2) is 9.57. The van der Waals surface area contributed by atoms with Gasteiger partial charge in [0.1, 0.15) is 17.8 Å². The van der Waals surface area contributed by atoms with Gasteiger partial charge in [-0.05, 0) is 54.6 Å². The molecule has 2 aromatic heterocycles. The molecule has 0 aliphatic rings. The summed E-state index contributed by atoms with van der Waals surface area (Å²) in [6.07, 6.45) is -0.0870. The molecule has 0 saturated carbocycles. The lowest BCUT2D eigenvalue weighted by Crippen LogP contribution is -2.14. The first-order valence-corrected chi connectivity index (χ1v) is 9.91. The summed E-state index contributed by atoms with van der Waals surface area (Å²) in [6, 6.07) is 14.7. The van der Waals surface area contributed by atoms with Crippen LogP contribution in [0.5, 0.6) is 17.4 Å². The summed E-state index contributed by atoms with van der Waals surface area (Å²) in [4.78, 5) is 25.0. The van der Waals surface area contributed by atoms with Crippen LogP contribution >= 0.6 is 0 Å². The highest BCUT2D eigenvalue weighted by Crippen LogP contribution is 2.38. The van der Waals surface area contributed by atoms with Gasteiger partial charge in [-0.1, -0.05) is 6.07 Å². The second-order valence-electron chi connectivity index (χ2n) is 6.95. The van der Waals surface area contributed by atoms with E-state index in [1.807, 2.05) is 0 Å². The number of rotatable bonds is 6. The number of halogens is 3. The van der Waals surface area contributed by atoms with E-state index >= 15 is 0 Å². The SMILES string of the molecule is COc1ccc(NC(=O)c2cccc(Oc3ncccc3-c3ccncn3)c2)cc1C(F)(F)F. The van der Waals surface area contributed by atoms with Crippen LogP contribution < -0.4 is 14.8 Å². The van der Waals surface area contributed by atoms with E-state index < -0.39 is 17.6 Å². The number of anilines is 1. The summed E-state index contributed by atoms with van der Waals surface area (Å²) in [5, 5.41) is 2.47. The van der Waals surface area contributed by atoms with E-state index in [9.17, 15) is 18.0 Å². The molecule has 0 saturated heterocycles. The molecule has 1 amide bonds. The Kier molecular flexibility index (Phi) is 6.39. The fourth-order valence-electron chi connectivity index (χ4n) is 3.14. The molecule has 0 aliphatic carbocycles. The number of ether oxygens (including phenoxy) is 2. The Morgan fingerprint density at radius 2 is 1.82 bits per heavy atom. The van der Waals surface area contributed by atoms with Crippen molar-refractivity contribution in [3.8, 4) is 28.6 Å². The minimum absolute atomic E-state index is 0.0276. The summed E-state index contributed by atoms with van der Waals surface area (Å²) in [7, 11) is 1.14. The maximum atomic E-state index is 13.3. The number of hydrogen-bond acceptors (Lipinski definition) is 6. The third-order valence-electron chi connectivity index (χ3n) is 4.70. The average Bonchev–Trinajstić information content (AvgIpc) is 2.84. The molecule has 0 radical (unpaired) electrons. The highest BCUT2D eigenvalue weighted by atomic mass is 19.4. The van der Waals surface area contributed by atoms with Crippen LogP contribution in [-0.4, -0.2) is 28.0 Å². The number of benzene rings is 2. The molecular weight excluding hydrogens is 449 g/mol. The van der Waals surface area contributed by atoms with Crippen molar-refractivity contribution >= 4 is 11.6 Å². The predicted octanol–water partition coefficient (Wildman–Crippen LogP) is 5.61. The fourth-order valence-corrected chi connectivity index (χ4v) is 3.14. The first-order chi connectivity index (χ1) is 16.3. The van der Waals surface area contributed by atoms with Crippen LogP contribution in [0.4, 0.5) is 18.9 Å². The van der Waals surface area contributed by atoms with Gasteiger partial charge in [-0.25, -0.2) is 15.0 Å². The third-order valence-corrected chi connectivity index (χ3v) is 4.70. The molecule has 7 nitrogen and oxygen atoms in total. The first-order valence-electron chi connectivity index (χ1n) is 9.91. The van der Waals surface area contributed by atoms with E-state index in [0.29, 0.717) is 17.0 Å². The van der Waals surface area contributed by atoms with Crippen molar-refractivity contribution in [2.24, 2.45) is 0 Å². The zero-order chi connectivity index (χ0) is 24.1. The Hall–Kier alpha value is -4.47. The number of amides is 1. The molecule has 0 bridgehead atoms. The molecule has 0 aliphatic heterocycles. The molecule has 10 heteroatoms. The van der Waals surface area contributed by atoms with Gasteiger partial charge >= 0.3 is 6.18 Å². The minimum Gasteiger partial charge on any atom is -0.496 e. The molecule has 1 N–H and O–H groups in total. The highest BCUT2D eigenvalue weighted by Gasteiger charge is 2.34. The lowest BCUT2D eigenvalue weighted by atomic mass is 10.1. The Bertz CT molecular complexity index is 1310. The molecular formula is C24H17F3N4O3. The zero-order valence-electron chi connectivity index (χ0n) is 17.7. The van der Waals surface area contributed by atoms with Crippen LogP contribution in [0, 0.1) is 0 Å². The van der Waals surface area contributed by atoms with Crippen LogP contribution in [0.15, 0.2) is 79.4 Å². The van der Waals surface area contributed by atoms with Gasteiger partial charge in [0, 0.05) is 23.6 Å². The maximum Gasteiger partial charge on any atom is 0.420 e. The Morgan fingerprint density at radius 3 is 2.56 bits per heavy atom. The Morgan fingerprint density at radius 1 is 0.971 bits per heavy atom. The van der Waals surface area contributed by atoms with Crippen molar-refractivity contribution in [1.29, 1.82) is 0 Å². The number of alkyl halides is 3. The molecule has 0 spiro atoms. The molecule has 4 aromatic rings. The van der Waals surface area contributed by atoms with E-state index in [1.165, 1.54) is 24.5 Å². The number of nitrogens with one attached hydrogen (secondary N) is 1. The second-order valence-corrected chi connectivity index (χ2v) is 6.95. The molecule has 2 heterocycles. The summed E-state index contributed by atoms with van der Waals surface area (Å²) in [6.45, 7) is 0. The van der Waals surface area contributed by atoms with Crippen molar-refractivity contribution < 1.29 is 27.4 Å². The summed E-state index contributed by atoms with van der Waals surface area (Å²) in [5.41, 5.74) is 0.392. The standard InChI is InChI=1S/C24H17F3N4O3/c1-33-21-8-7-16(13-19(21)24(25,26)27)31-22(32)15-4-2-5-17(12-15)34-23-18(6-3-10-29-23)20-9-11-28-14-30-20/h2-14H,1H3,(H,31,32). The van der Waals surface area contributed by atoms with Gasteiger partial charge in [-0.2, -0.15) is 13.2 Å². The van der Waals surface area contributed by atoms with Crippen LogP contribution in [0.2, 0.25) is 0 Å². The highest BCUT2D eigenvalue weighted by molar-refractivity contribution is 6.04. The number of methoxy groups -OCH3 is 1. The average molecular weight is 466 g/mol. The quantitative estimate of drug-likeness (QED) is 0.398.